The third kappa shape index (κ3) is 7.02. The number of rotatable bonds is 10. The van der Waals surface area contributed by atoms with Crippen molar-refractivity contribution in [3.8, 4) is 0 Å². The van der Waals surface area contributed by atoms with Gasteiger partial charge in [-0.3, -0.25) is 24.7 Å². The lowest BCUT2D eigenvalue weighted by Gasteiger charge is -2.28. The van der Waals surface area contributed by atoms with Gasteiger partial charge in [0.05, 0.1) is 19.0 Å². The molecule has 10 N–H and O–H groups in total. The summed E-state index contributed by atoms with van der Waals surface area (Å²) in [5.41, 5.74) is 15.9. The van der Waals surface area contributed by atoms with Crippen molar-refractivity contribution in [3.05, 3.63) is 0 Å². The van der Waals surface area contributed by atoms with Gasteiger partial charge in [0.2, 0.25) is 11.8 Å². The summed E-state index contributed by atoms with van der Waals surface area (Å²) in [5.74, 6) is -5.47. The fraction of sp³-hybridized carbons (Fsp3) is 0.583. The number of aliphatic carboxylic acids is 2. The lowest BCUT2D eigenvalue weighted by atomic mass is 10.1. The molecule has 0 aromatic carbocycles. The van der Waals surface area contributed by atoms with Gasteiger partial charge in [0, 0.05) is 6.54 Å². The van der Waals surface area contributed by atoms with E-state index in [1.807, 2.05) is 0 Å². The fourth-order valence-electron chi connectivity index (χ4n) is 1.85. The highest BCUT2D eigenvalue weighted by atomic mass is 16.4. The zero-order valence-electron chi connectivity index (χ0n) is 12.9. The summed E-state index contributed by atoms with van der Waals surface area (Å²) in [5, 5.41) is 27.3. The number of nitrogens with zero attached hydrogens (tertiary/aromatic N) is 1. The molecule has 0 rings (SSSR count). The largest absolute Gasteiger partial charge is 0.481 e. The lowest BCUT2D eigenvalue weighted by molar-refractivity contribution is -0.160. The van der Waals surface area contributed by atoms with Crippen LogP contribution in [0.4, 0.5) is 0 Å². The van der Waals surface area contributed by atoms with Crippen LogP contribution < -0.4 is 22.5 Å². The minimum atomic E-state index is -1.90. The second-order valence-electron chi connectivity index (χ2n) is 4.85. The molecule has 136 valence electrons. The number of carbonyl (C=O) groups is 4. The molecule has 2 atom stereocenters. The van der Waals surface area contributed by atoms with E-state index in [0.717, 1.165) is 0 Å². The van der Waals surface area contributed by atoms with Gasteiger partial charge in [0.15, 0.2) is 5.96 Å². The molecule has 2 unspecified atom stereocenters. The van der Waals surface area contributed by atoms with Gasteiger partial charge in [-0.15, -0.1) is 0 Å². The highest BCUT2D eigenvalue weighted by Crippen LogP contribution is 2.10. The van der Waals surface area contributed by atoms with Crippen molar-refractivity contribution in [2.24, 2.45) is 17.2 Å². The first kappa shape index (κ1) is 21.3. The highest BCUT2D eigenvalue weighted by Gasteiger charge is 2.37. The smallest absolute Gasteiger partial charge is 0.327 e. The van der Waals surface area contributed by atoms with Crippen LogP contribution >= 0.6 is 0 Å². The van der Waals surface area contributed by atoms with Crippen LogP contribution in [-0.2, 0) is 19.2 Å². The van der Waals surface area contributed by atoms with Gasteiger partial charge < -0.3 is 32.7 Å². The fourth-order valence-corrected chi connectivity index (χ4v) is 1.85. The van der Waals surface area contributed by atoms with E-state index >= 15 is 0 Å². The summed E-state index contributed by atoms with van der Waals surface area (Å²) in [6.07, 6.45) is -0.591. The molecule has 0 saturated heterocycles. The first-order valence-corrected chi connectivity index (χ1v) is 6.95. The third-order valence-corrected chi connectivity index (χ3v) is 2.97. The minimum Gasteiger partial charge on any atom is -0.481 e. The van der Waals surface area contributed by atoms with E-state index in [9.17, 15) is 19.2 Å². The van der Waals surface area contributed by atoms with Gasteiger partial charge in [0.25, 0.3) is 0 Å². The molecule has 2 amide bonds. The van der Waals surface area contributed by atoms with Crippen LogP contribution in [0.3, 0.4) is 0 Å². The molecule has 0 aliphatic heterocycles. The highest BCUT2D eigenvalue weighted by molar-refractivity contribution is 6.02. The first-order valence-electron chi connectivity index (χ1n) is 6.95. The first-order chi connectivity index (χ1) is 11.1. The van der Waals surface area contributed by atoms with Crippen LogP contribution in [-0.4, -0.2) is 70.0 Å². The number of carboxylic acids is 2. The second kappa shape index (κ2) is 10.1. The Morgan fingerprint density at radius 2 is 1.79 bits per heavy atom. The molecular formula is C12H22N6O6. The molecule has 0 bridgehead atoms. The molecule has 0 spiro atoms. The predicted octanol–water partition coefficient (Wildman–Crippen LogP) is -3.18. The average Bonchev–Trinajstić information content (AvgIpc) is 2.49. The summed E-state index contributed by atoms with van der Waals surface area (Å²) >= 11 is 0. The molecule has 0 aromatic rings. The molecule has 0 saturated carbocycles. The van der Waals surface area contributed by atoms with Crippen molar-refractivity contribution in [1.82, 2.24) is 10.2 Å². The lowest BCUT2D eigenvalue weighted by Crippen LogP contribution is -2.56. The standard InChI is InChI=1S/C12H22N6O6/c13-5-8(19)18(7(11(23)24)4-9(20)21)10(22)6(14)2-1-3-17-12(15)16/h6-7H,1-5,13-14H2,(H,20,21)(H,23,24)(H4,15,16,17). The summed E-state index contributed by atoms with van der Waals surface area (Å²) in [7, 11) is 0. The number of guanidine groups is 1. The molecule has 0 heterocycles. The Labute approximate surface area is 137 Å². The molecule has 24 heavy (non-hydrogen) atoms. The van der Waals surface area contributed by atoms with Crippen molar-refractivity contribution < 1.29 is 29.4 Å². The van der Waals surface area contributed by atoms with E-state index in [1.54, 1.807) is 0 Å². The van der Waals surface area contributed by atoms with Crippen LogP contribution in [0.25, 0.3) is 0 Å². The Balaban J connectivity index is 5.10. The molecule has 0 fully saturated rings. The van der Waals surface area contributed by atoms with E-state index in [0.29, 0.717) is 11.3 Å². The van der Waals surface area contributed by atoms with Crippen molar-refractivity contribution >= 4 is 29.7 Å². The number of imide groups is 1. The van der Waals surface area contributed by atoms with Crippen molar-refractivity contribution in [2.45, 2.75) is 31.3 Å². The Morgan fingerprint density at radius 1 is 1.21 bits per heavy atom. The number of hydrogen-bond donors (Lipinski definition) is 7. The van der Waals surface area contributed by atoms with E-state index < -0.39 is 48.8 Å². The van der Waals surface area contributed by atoms with Crippen molar-refractivity contribution in [1.29, 1.82) is 5.41 Å². The summed E-state index contributed by atoms with van der Waals surface area (Å²) in [6, 6.07) is -3.13. The van der Waals surface area contributed by atoms with Gasteiger partial charge in [-0.1, -0.05) is 0 Å². The van der Waals surface area contributed by atoms with Gasteiger partial charge >= 0.3 is 11.9 Å². The van der Waals surface area contributed by atoms with Crippen LogP contribution in [0.15, 0.2) is 0 Å². The van der Waals surface area contributed by atoms with Crippen LogP contribution in [0.5, 0.6) is 0 Å². The third-order valence-electron chi connectivity index (χ3n) is 2.97. The molecule has 0 aliphatic rings. The summed E-state index contributed by atoms with van der Waals surface area (Å²) < 4.78 is 0. The van der Waals surface area contributed by atoms with Gasteiger partial charge in [-0.05, 0) is 12.8 Å². The SMILES string of the molecule is N=C(N)NCCCC(N)C(=O)N(C(=O)CN)C(CC(=O)O)C(=O)O. The number of amides is 2. The van der Waals surface area contributed by atoms with Crippen molar-refractivity contribution in [2.75, 3.05) is 13.1 Å². The Morgan fingerprint density at radius 3 is 2.21 bits per heavy atom. The quantitative estimate of drug-likeness (QED) is 0.119. The molecule has 0 aromatic heterocycles. The number of carbonyl (C=O) groups excluding carboxylic acids is 2. The predicted molar refractivity (Wildman–Crippen MR) is 81.7 cm³/mol. The summed E-state index contributed by atoms with van der Waals surface area (Å²) in [6.45, 7) is -0.424. The van der Waals surface area contributed by atoms with Gasteiger partial charge in [-0.2, -0.15) is 0 Å². The number of hydrogen-bond acceptors (Lipinski definition) is 7. The minimum absolute atomic E-state index is 0.0624. The number of nitrogens with one attached hydrogen (secondary N) is 2. The Hall–Kier alpha value is -2.73. The van der Waals surface area contributed by atoms with E-state index in [1.165, 1.54) is 0 Å². The van der Waals surface area contributed by atoms with Crippen molar-refractivity contribution in [3.63, 3.8) is 0 Å². The average molecular weight is 346 g/mol. The normalized spacial score (nSPS) is 12.8. The van der Waals surface area contributed by atoms with E-state index in [4.69, 9.17) is 32.8 Å². The molecule has 0 aliphatic carbocycles. The maximum atomic E-state index is 12.3. The second-order valence-corrected chi connectivity index (χ2v) is 4.85. The zero-order valence-corrected chi connectivity index (χ0v) is 12.9. The Kier molecular flexibility index (Phi) is 8.97. The topological polar surface area (TPSA) is 226 Å². The maximum Gasteiger partial charge on any atom is 0.327 e. The van der Waals surface area contributed by atoms with E-state index in [2.05, 4.69) is 5.32 Å². The van der Waals surface area contributed by atoms with Crippen LogP contribution in [0, 0.1) is 5.41 Å². The van der Waals surface area contributed by atoms with Crippen LogP contribution in [0.2, 0.25) is 0 Å². The van der Waals surface area contributed by atoms with Gasteiger partial charge in [0.1, 0.15) is 6.04 Å². The molecule has 0 radical (unpaired) electrons. The molecule has 12 nitrogen and oxygen atoms in total. The maximum absolute atomic E-state index is 12.3. The number of carboxylic acid groups (broad SMARTS) is 2. The number of nitrogens with two attached hydrogens (primary N) is 3. The monoisotopic (exact) mass is 346 g/mol. The van der Waals surface area contributed by atoms with E-state index in [-0.39, 0.29) is 18.9 Å². The molecule has 12 heteroatoms. The Bertz CT molecular complexity index is 510. The van der Waals surface area contributed by atoms with Gasteiger partial charge in [-0.25, -0.2) is 4.79 Å². The summed E-state index contributed by atoms with van der Waals surface area (Å²) in [4.78, 5) is 46.4. The van der Waals surface area contributed by atoms with Crippen LogP contribution in [0.1, 0.15) is 19.3 Å². The molecular weight excluding hydrogens is 324 g/mol. The zero-order chi connectivity index (χ0) is 18.9.